The highest BCUT2D eigenvalue weighted by molar-refractivity contribution is 5.98. The number of Topliss-reactive ketones (excluding diaryl/α,β-unsaturated/α-hetero) is 1. The van der Waals surface area contributed by atoms with Crippen LogP contribution in [0.25, 0.3) is 11.1 Å². The molecule has 0 aliphatic carbocycles. The van der Waals surface area contributed by atoms with Crippen molar-refractivity contribution in [3.63, 3.8) is 0 Å². The number of amides is 2. The van der Waals surface area contributed by atoms with Crippen molar-refractivity contribution in [3.8, 4) is 11.1 Å². The van der Waals surface area contributed by atoms with Gasteiger partial charge < -0.3 is 9.80 Å². The molecule has 2 heterocycles. The maximum absolute atomic E-state index is 12.6. The summed E-state index contributed by atoms with van der Waals surface area (Å²) < 4.78 is 0. The minimum absolute atomic E-state index is 0.0468. The van der Waals surface area contributed by atoms with Crippen molar-refractivity contribution in [2.75, 3.05) is 26.2 Å². The molecule has 0 saturated carbocycles. The normalized spacial score (nSPS) is 13.6. The van der Waals surface area contributed by atoms with E-state index in [1.54, 1.807) is 9.80 Å². The SMILES string of the molecule is O=C(CCC(=O)N1CCN(C(=O)c2cnccn2)CC1)c1ccc(-c2ccccc2)cc1. The van der Waals surface area contributed by atoms with Crippen LogP contribution in [0, 0.1) is 0 Å². The van der Waals surface area contributed by atoms with Crippen LogP contribution in [-0.4, -0.2) is 63.5 Å². The molecule has 32 heavy (non-hydrogen) atoms. The van der Waals surface area contributed by atoms with E-state index in [4.69, 9.17) is 0 Å². The van der Waals surface area contributed by atoms with E-state index in [0.717, 1.165) is 11.1 Å². The maximum atomic E-state index is 12.6. The molecule has 1 aliphatic rings. The molecule has 7 nitrogen and oxygen atoms in total. The number of benzene rings is 2. The number of hydrogen-bond acceptors (Lipinski definition) is 5. The fourth-order valence-corrected chi connectivity index (χ4v) is 3.73. The van der Waals surface area contributed by atoms with E-state index < -0.39 is 0 Å². The summed E-state index contributed by atoms with van der Waals surface area (Å²) in [6.07, 6.45) is 4.78. The summed E-state index contributed by atoms with van der Waals surface area (Å²) in [5, 5.41) is 0. The van der Waals surface area contributed by atoms with Gasteiger partial charge in [0.05, 0.1) is 6.20 Å². The first kappa shape index (κ1) is 21.4. The lowest BCUT2D eigenvalue weighted by atomic mass is 10.0. The van der Waals surface area contributed by atoms with Gasteiger partial charge >= 0.3 is 0 Å². The summed E-state index contributed by atoms with van der Waals surface area (Å²) in [7, 11) is 0. The van der Waals surface area contributed by atoms with Crippen molar-refractivity contribution in [2.45, 2.75) is 12.8 Å². The van der Waals surface area contributed by atoms with Crippen molar-refractivity contribution in [2.24, 2.45) is 0 Å². The fourth-order valence-electron chi connectivity index (χ4n) is 3.73. The van der Waals surface area contributed by atoms with E-state index >= 15 is 0 Å². The molecule has 1 fully saturated rings. The van der Waals surface area contributed by atoms with E-state index in [2.05, 4.69) is 9.97 Å². The number of hydrogen-bond donors (Lipinski definition) is 0. The van der Waals surface area contributed by atoms with Gasteiger partial charge in [-0.15, -0.1) is 0 Å². The highest BCUT2D eigenvalue weighted by atomic mass is 16.2. The van der Waals surface area contributed by atoms with Crippen LogP contribution in [0.15, 0.2) is 73.2 Å². The fraction of sp³-hybridized carbons (Fsp3) is 0.240. The quantitative estimate of drug-likeness (QED) is 0.564. The first-order valence-electron chi connectivity index (χ1n) is 10.6. The molecule has 1 saturated heterocycles. The summed E-state index contributed by atoms with van der Waals surface area (Å²) >= 11 is 0. The topological polar surface area (TPSA) is 83.5 Å². The Hall–Kier alpha value is -3.87. The lowest BCUT2D eigenvalue weighted by Crippen LogP contribution is -2.50. The number of ketones is 1. The average Bonchev–Trinajstić information content (AvgIpc) is 2.88. The Morgan fingerprint density at radius 3 is 2.06 bits per heavy atom. The summed E-state index contributed by atoms with van der Waals surface area (Å²) in [4.78, 5) is 48.9. The standard InChI is InChI=1S/C25H24N4O3/c30-23(21-8-6-20(7-9-21)19-4-2-1-3-5-19)10-11-24(31)28-14-16-29(17-15-28)25(32)22-18-26-12-13-27-22/h1-9,12-13,18H,10-11,14-17H2. The molecule has 0 spiro atoms. The van der Waals surface area contributed by atoms with Gasteiger partial charge in [0.1, 0.15) is 5.69 Å². The lowest BCUT2D eigenvalue weighted by molar-refractivity contribution is -0.132. The molecule has 1 aliphatic heterocycles. The smallest absolute Gasteiger partial charge is 0.274 e. The summed E-state index contributed by atoms with van der Waals surface area (Å²) in [6, 6.07) is 17.4. The third-order valence-corrected chi connectivity index (χ3v) is 5.58. The largest absolute Gasteiger partial charge is 0.339 e. The zero-order valence-corrected chi connectivity index (χ0v) is 17.7. The van der Waals surface area contributed by atoms with Crippen molar-refractivity contribution >= 4 is 17.6 Å². The van der Waals surface area contributed by atoms with Gasteiger partial charge in [-0.05, 0) is 11.1 Å². The van der Waals surface area contributed by atoms with Crippen molar-refractivity contribution in [1.29, 1.82) is 0 Å². The van der Waals surface area contributed by atoms with Gasteiger partial charge in [-0.25, -0.2) is 4.98 Å². The highest BCUT2D eigenvalue weighted by Crippen LogP contribution is 2.20. The molecule has 0 radical (unpaired) electrons. The van der Waals surface area contributed by atoms with Crippen LogP contribution in [0.5, 0.6) is 0 Å². The summed E-state index contributed by atoms with van der Waals surface area (Å²) in [5.74, 6) is -0.292. The Bertz CT molecular complexity index is 1080. The van der Waals surface area contributed by atoms with Crippen LogP contribution in [-0.2, 0) is 4.79 Å². The molecule has 0 atom stereocenters. The Morgan fingerprint density at radius 2 is 1.41 bits per heavy atom. The first-order valence-corrected chi connectivity index (χ1v) is 10.6. The van der Waals surface area contributed by atoms with E-state index in [0.29, 0.717) is 37.4 Å². The Kier molecular flexibility index (Phi) is 6.65. The van der Waals surface area contributed by atoms with E-state index in [9.17, 15) is 14.4 Å². The minimum atomic E-state index is -0.181. The molecular weight excluding hydrogens is 404 g/mol. The Labute approximate surface area is 186 Å². The summed E-state index contributed by atoms with van der Waals surface area (Å²) in [6.45, 7) is 1.78. The van der Waals surface area contributed by atoms with E-state index in [1.165, 1.54) is 18.6 Å². The molecule has 7 heteroatoms. The molecule has 3 aromatic rings. The van der Waals surface area contributed by atoms with Crippen LogP contribution in [0.1, 0.15) is 33.7 Å². The predicted octanol–water partition coefficient (Wildman–Crippen LogP) is 3.09. The second-order valence-corrected chi connectivity index (χ2v) is 7.63. The maximum Gasteiger partial charge on any atom is 0.274 e. The third kappa shape index (κ3) is 5.06. The van der Waals surface area contributed by atoms with Crippen LogP contribution in [0.4, 0.5) is 0 Å². The zero-order chi connectivity index (χ0) is 22.3. The number of carbonyl (C=O) groups excluding carboxylic acids is 3. The Morgan fingerprint density at radius 1 is 0.750 bits per heavy atom. The number of piperazine rings is 1. The second kappa shape index (κ2) is 9.96. The van der Waals surface area contributed by atoms with Crippen LogP contribution in [0.2, 0.25) is 0 Å². The molecule has 0 bridgehead atoms. The average molecular weight is 428 g/mol. The molecule has 2 amide bonds. The number of carbonyl (C=O) groups is 3. The van der Waals surface area contributed by atoms with Crippen molar-refractivity contribution < 1.29 is 14.4 Å². The number of aromatic nitrogens is 2. The van der Waals surface area contributed by atoms with Crippen molar-refractivity contribution in [3.05, 3.63) is 84.4 Å². The molecule has 0 N–H and O–H groups in total. The lowest BCUT2D eigenvalue weighted by Gasteiger charge is -2.34. The van der Waals surface area contributed by atoms with Crippen molar-refractivity contribution in [1.82, 2.24) is 19.8 Å². The van der Waals surface area contributed by atoms with Gasteiger partial charge in [0.15, 0.2) is 5.78 Å². The van der Waals surface area contributed by atoms with E-state index in [-0.39, 0.29) is 30.4 Å². The van der Waals surface area contributed by atoms with Gasteiger partial charge in [-0.2, -0.15) is 0 Å². The Balaban J connectivity index is 1.25. The van der Waals surface area contributed by atoms with Gasteiger partial charge in [0, 0.05) is 57.0 Å². The second-order valence-electron chi connectivity index (χ2n) is 7.63. The molecule has 4 rings (SSSR count). The molecule has 1 aromatic heterocycles. The third-order valence-electron chi connectivity index (χ3n) is 5.58. The number of nitrogens with zero attached hydrogens (tertiary/aromatic N) is 4. The van der Waals surface area contributed by atoms with E-state index in [1.807, 2.05) is 54.6 Å². The van der Waals surface area contributed by atoms with Gasteiger partial charge in [-0.3, -0.25) is 19.4 Å². The summed E-state index contributed by atoms with van der Waals surface area (Å²) in [5.41, 5.74) is 3.05. The van der Waals surface area contributed by atoms with Gasteiger partial charge in [-0.1, -0.05) is 54.6 Å². The monoisotopic (exact) mass is 428 g/mol. The van der Waals surface area contributed by atoms with Crippen LogP contribution >= 0.6 is 0 Å². The van der Waals surface area contributed by atoms with Gasteiger partial charge in [0.2, 0.25) is 5.91 Å². The van der Waals surface area contributed by atoms with Crippen LogP contribution in [0.3, 0.4) is 0 Å². The predicted molar refractivity (Wildman–Crippen MR) is 120 cm³/mol. The zero-order valence-electron chi connectivity index (χ0n) is 17.7. The van der Waals surface area contributed by atoms with Gasteiger partial charge in [0.25, 0.3) is 5.91 Å². The first-order chi connectivity index (χ1) is 15.6. The highest BCUT2D eigenvalue weighted by Gasteiger charge is 2.25. The minimum Gasteiger partial charge on any atom is -0.339 e. The van der Waals surface area contributed by atoms with Crippen LogP contribution < -0.4 is 0 Å². The number of rotatable bonds is 6. The molecule has 162 valence electrons. The molecule has 2 aromatic carbocycles. The molecule has 0 unspecified atom stereocenters. The molecular formula is C25H24N4O3.